The molecule has 0 fully saturated rings. The summed E-state index contributed by atoms with van der Waals surface area (Å²) in [6.45, 7) is 9.36. The molecule has 2 rings (SSSR count). The van der Waals surface area contributed by atoms with Crippen molar-refractivity contribution in [1.29, 1.82) is 0 Å². The summed E-state index contributed by atoms with van der Waals surface area (Å²) in [6, 6.07) is 3.97. The lowest BCUT2D eigenvalue weighted by atomic mass is 10.1. The fourth-order valence-electron chi connectivity index (χ4n) is 1.62. The van der Waals surface area contributed by atoms with Gasteiger partial charge in [-0.05, 0) is 56.7 Å². The second-order valence-corrected chi connectivity index (χ2v) is 6.66. The van der Waals surface area contributed by atoms with Crippen LogP contribution in [0.5, 0.6) is 0 Å². The molecular formula is C15H20N4S. The fourth-order valence-corrected chi connectivity index (χ4v) is 2.34. The molecule has 0 bridgehead atoms. The van der Waals surface area contributed by atoms with Crippen LogP contribution in [0.3, 0.4) is 0 Å². The lowest BCUT2D eigenvalue weighted by Gasteiger charge is -2.20. The second-order valence-electron chi connectivity index (χ2n) is 5.70. The Hall–Kier alpha value is -1.46. The summed E-state index contributed by atoms with van der Waals surface area (Å²) in [5.74, 6) is 0. The molecule has 0 aliphatic heterocycles. The molecule has 2 aromatic rings. The highest BCUT2D eigenvalue weighted by molar-refractivity contribution is 7.99. The van der Waals surface area contributed by atoms with Gasteiger partial charge in [0.15, 0.2) is 5.16 Å². The molecule has 20 heavy (non-hydrogen) atoms. The van der Waals surface area contributed by atoms with Crippen LogP contribution in [0.25, 0.3) is 0 Å². The van der Waals surface area contributed by atoms with E-state index in [4.69, 9.17) is 0 Å². The molecule has 0 spiro atoms. The van der Waals surface area contributed by atoms with Crippen molar-refractivity contribution in [3.05, 3.63) is 41.9 Å². The largest absolute Gasteiger partial charge is 0.308 e. The van der Waals surface area contributed by atoms with Gasteiger partial charge in [-0.2, -0.15) is 0 Å². The molecule has 0 aromatic carbocycles. The van der Waals surface area contributed by atoms with Crippen molar-refractivity contribution >= 4 is 11.8 Å². The molecule has 2 heterocycles. The highest BCUT2D eigenvalue weighted by atomic mass is 32.2. The van der Waals surface area contributed by atoms with E-state index in [1.165, 1.54) is 17.3 Å². The third-order valence-electron chi connectivity index (χ3n) is 2.64. The van der Waals surface area contributed by atoms with Crippen molar-refractivity contribution in [2.75, 3.05) is 0 Å². The molecule has 0 saturated heterocycles. The third-order valence-corrected chi connectivity index (χ3v) is 3.65. The van der Waals surface area contributed by atoms with Gasteiger partial charge in [-0.15, -0.1) is 0 Å². The number of hydrogen-bond acceptors (Lipinski definition) is 5. The van der Waals surface area contributed by atoms with E-state index in [0.717, 1.165) is 22.3 Å². The molecule has 0 aliphatic rings. The van der Waals surface area contributed by atoms with Crippen molar-refractivity contribution in [2.45, 2.75) is 50.0 Å². The van der Waals surface area contributed by atoms with E-state index in [0.29, 0.717) is 0 Å². The first-order chi connectivity index (χ1) is 9.44. The van der Waals surface area contributed by atoms with E-state index < -0.39 is 0 Å². The van der Waals surface area contributed by atoms with Gasteiger partial charge in [0.2, 0.25) is 0 Å². The van der Waals surface area contributed by atoms with Crippen LogP contribution in [-0.4, -0.2) is 20.5 Å². The number of nitrogens with zero attached hydrogens (tertiary/aromatic N) is 3. The molecule has 4 nitrogen and oxygen atoms in total. The predicted molar refractivity (Wildman–Crippen MR) is 81.7 cm³/mol. The number of aryl methyl sites for hydroxylation is 1. The molecule has 5 heteroatoms. The van der Waals surface area contributed by atoms with E-state index in [9.17, 15) is 0 Å². The van der Waals surface area contributed by atoms with E-state index in [1.54, 1.807) is 12.4 Å². The van der Waals surface area contributed by atoms with E-state index in [-0.39, 0.29) is 5.54 Å². The number of hydrogen-bond donors (Lipinski definition) is 1. The molecule has 0 saturated carbocycles. The van der Waals surface area contributed by atoms with Crippen LogP contribution in [0.4, 0.5) is 0 Å². The van der Waals surface area contributed by atoms with Gasteiger partial charge >= 0.3 is 0 Å². The van der Waals surface area contributed by atoms with Crippen molar-refractivity contribution in [3.8, 4) is 0 Å². The Balaban J connectivity index is 2.06. The zero-order chi connectivity index (χ0) is 14.6. The average Bonchev–Trinajstić information content (AvgIpc) is 2.40. The average molecular weight is 288 g/mol. The summed E-state index contributed by atoms with van der Waals surface area (Å²) in [7, 11) is 0. The second kappa shape index (κ2) is 6.33. The van der Waals surface area contributed by atoms with Crippen LogP contribution in [0, 0.1) is 6.92 Å². The quantitative estimate of drug-likeness (QED) is 0.875. The molecule has 2 aromatic heterocycles. The van der Waals surface area contributed by atoms with Crippen LogP contribution in [0.2, 0.25) is 0 Å². The van der Waals surface area contributed by atoms with Crippen molar-refractivity contribution in [1.82, 2.24) is 20.3 Å². The molecule has 0 radical (unpaired) electrons. The molecule has 106 valence electrons. The summed E-state index contributed by atoms with van der Waals surface area (Å²) >= 11 is 1.49. The van der Waals surface area contributed by atoms with Gasteiger partial charge in [-0.3, -0.25) is 0 Å². The van der Waals surface area contributed by atoms with Gasteiger partial charge in [0.05, 0.1) is 0 Å². The molecular weight excluding hydrogens is 268 g/mol. The minimum absolute atomic E-state index is 0.110. The fraction of sp³-hybridized carbons (Fsp3) is 0.400. The lowest BCUT2D eigenvalue weighted by Crippen LogP contribution is -2.35. The maximum atomic E-state index is 4.52. The standard InChI is InChI=1S/C15H20N4S/c1-11-8-12(10-19-15(2,3)4)9-18-13(11)20-14-16-6-5-7-17-14/h5-9,19H,10H2,1-4H3. The summed E-state index contributed by atoms with van der Waals surface area (Å²) in [6.07, 6.45) is 5.40. The maximum absolute atomic E-state index is 4.52. The Labute approximate surface area is 124 Å². The van der Waals surface area contributed by atoms with Gasteiger partial charge in [0.1, 0.15) is 5.03 Å². The first-order valence-electron chi connectivity index (χ1n) is 6.59. The monoisotopic (exact) mass is 288 g/mol. The lowest BCUT2D eigenvalue weighted by molar-refractivity contribution is 0.424. The van der Waals surface area contributed by atoms with E-state index in [1.807, 2.05) is 12.3 Å². The van der Waals surface area contributed by atoms with E-state index in [2.05, 4.69) is 54.0 Å². The van der Waals surface area contributed by atoms with Crippen LogP contribution in [-0.2, 0) is 6.54 Å². The maximum Gasteiger partial charge on any atom is 0.193 e. The van der Waals surface area contributed by atoms with Gasteiger partial charge in [0, 0.05) is 30.7 Å². The van der Waals surface area contributed by atoms with Crippen molar-refractivity contribution in [3.63, 3.8) is 0 Å². The topological polar surface area (TPSA) is 50.7 Å². The van der Waals surface area contributed by atoms with Crippen molar-refractivity contribution < 1.29 is 0 Å². The normalized spacial score (nSPS) is 11.6. The zero-order valence-corrected chi connectivity index (χ0v) is 13.2. The SMILES string of the molecule is Cc1cc(CNC(C)(C)C)cnc1Sc1ncccn1. The highest BCUT2D eigenvalue weighted by Gasteiger charge is 2.10. The Morgan fingerprint density at radius 2 is 1.85 bits per heavy atom. The Morgan fingerprint density at radius 3 is 2.45 bits per heavy atom. The minimum atomic E-state index is 0.110. The highest BCUT2D eigenvalue weighted by Crippen LogP contribution is 2.25. The smallest absolute Gasteiger partial charge is 0.193 e. The summed E-state index contributed by atoms with van der Waals surface area (Å²) in [4.78, 5) is 12.9. The van der Waals surface area contributed by atoms with Crippen LogP contribution in [0.15, 0.2) is 40.9 Å². The van der Waals surface area contributed by atoms with Crippen LogP contribution < -0.4 is 5.32 Å². The molecule has 1 N–H and O–H groups in total. The van der Waals surface area contributed by atoms with Crippen molar-refractivity contribution in [2.24, 2.45) is 0 Å². The molecule has 0 amide bonds. The number of nitrogens with one attached hydrogen (secondary N) is 1. The van der Waals surface area contributed by atoms with Gasteiger partial charge in [0.25, 0.3) is 0 Å². The Bertz CT molecular complexity index is 564. The summed E-state index contributed by atoms with van der Waals surface area (Å²) in [5, 5.41) is 5.14. The Kier molecular flexibility index (Phi) is 4.73. The Morgan fingerprint density at radius 1 is 1.15 bits per heavy atom. The van der Waals surface area contributed by atoms with Crippen LogP contribution >= 0.6 is 11.8 Å². The number of pyridine rings is 1. The molecule has 0 atom stereocenters. The predicted octanol–water partition coefficient (Wildman–Crippen LogP) is 3.22. The molecule has 0 unspecified atom stereocenters. The first kappa shape index (κ1) is 14.9. The third kappa shape index (κ3) is 4.58. The van der Waals surface area contributed by atoms with Gasteiger partial charge in [-0.1, -0.05) is 6.07 Å². The molecule has 0 aliphatic carbocycles. The van der Waals surface area contributed by atoms with E-state index >= 15 is 0 Å². The number of rotatable bonds is 4. The van der Waals surface area contributed by atoms with Gasteiger partial charge < -0.3 is 5.32 Å². The number of aromatic nitrogens is 3. The first-order valence-corrected chi connectivity index (χ1v) is 7.41. The summed E-state index contributed by atoms with van der Waals surface area (Å²) in [5.41, 5.74) is 2.45. The van der Waals surface area contributed by atoms with Crippen LogP contribution in [0.1, 0.15) is 31.9 Å². The minimum Gasteiger partial charge on any atom is -0.308 e. The zero-order valence-electron chi connectivity index (χ0n) is 12.3. The van der Waals surface area contributed by atoms with Gasteiger partial charge in [-0.25, -0.2) is 15.0 Å². The summed E-state index contributed by atoms with van der Waals surface area (Å²) < 4.78 is 0.